The molecule has 0 aromatic heterocycles. The first kappa shape index (κ1) is 41.2. The van der Waals surface area contributed by atoms with Crippen molar-refractivity contribution < 1.29 is 0 Å². The first-order chi connectivity index (χ1) is 28.2. The van der Waals surface area contributed by atoms with E-state index in [0.717, 1.165) is 6.42 Å². The van der Waals surface area contributed by atoms with Crippen molar-refractivity contribution in [3.05, 3.63) is 217 Å². The molecular weight excluding hydrogens is 685 g/mol. The molecule has 3 unspecified atom stereocenters. The van der Waals surface area contributed by atoms with Gasteiger partial charge in [0.05, 0.1) is 0 Å². The number of hydrogen-bond donors (Lipinski definition) is 0. The van der Waals surface area contributed by atoms with Gasteiger partial charge in [0.1, 0.15) is 0 Å². The minimum Gasteiger partial charge on any atom is -0.0654 e. The summed E-state index contributed by atoms with van der Waals surface area (Å²) in [7, 11) is 0. The fourth-order valence-electron chi connectivity index (χ4n) is 8.39. The molecule has 0 fully saturated rings. The predicted molar refractivity (Wildman–Crippen MR) is 248 cm³/mol. The molecule has 0 bridgehead atoms. The fourth-order valence-corrected chi connectivity index (χ4v) is 8.39. The topological polar surface area (TPSA) is 0 Å². The van der Waals surface area contributed by atoms with Gasteiger partial charge in [-0.1, -0.05) is 240 Å². The fraction of sp³-hybridized carbons (Fsp3) is 0.263. The first-order valence-corrected chi connectivity index (χ1v) is 21.7. The van der Waals surface area contributed by atoms with Gasteiger partial charge in [-0.3, -0.25) is 0 Å². The molecular formula is C57H62. The molecule has 0 aromatic rings. The maximum Gasteiger partial charge on any atom is -0.0162 e. The van der Waals surface area contributed by atoms with Crippen LogP contribution in [0.4, 0.5) is 0 Å². The van der Waals surface area contributed by atoms with Crippen molar-refractivity contribution in [2.45, 2.75) is 95.8 Å². The van der Waals surface area contributed by atoms with E-state index in [-0.39, 0.29) is 0 Å². The second-order valence-corrected chi connectivity index (χ2v) is 15.6. The van der Waals surface area contributed by atoms with Crippen LogP contribution < -0.4 is 0 Å². The highest BCUT2D eigenvalue weighted by molar-refractivity contribution is 5.64. The number of hydrogen-bond acceptors (Lipinski definition) is 0. The second-order valence-electron chi connectivity index (χ2n) is 15.6. The predicted octanol–water partition coefficient (Wildman–Crippen LogP) is 17.0. The molecule has 0 saturated carbocycles. The summed E-state index contributed by atoms with van der Waals surface area (Å²) >= 11 is 0. The molecule has 0 aliphatic heterocycles. The van der Waals surface area contributed by atoms with Crippen molar-refractivity contribution in [2.24, 2.45) is 0 Å². The van der Waals surface area contributed by atoms with Gasteiger partial charge in [0, 0.05) is 0 Å². The van der Waals surface area contributed by atoms with Crippen molar-refractivity contribution in [1.29, 1.82) is 0 Å². The Hall–Kier alpha value is -5.46. The maximum atomic E-state index is 2.42. The normalized spacial score (nSPS) is 12.5. The molecule has 0 N–H and O–H groups in total. The molecule has 57 heavy (non-hydrogen) atoms. The lowest BCUT2D eigenvalue weighted by Gasteiger charge is -2.22. The van der Waals surface area contributed by atoms with E-state index in [9.17, 15) is 0 Å². The van der Waals surface area contributed by atoms with Gasteiger partial charge in [0.25, 0.3) is 0 Å². The van der Waals surface area contributed by atoms with Gasteiger partial charge in [-0.25, -0.2) is 0 Å². The van der Waals surface area contributed by atoms with Gasteiger partial charge in [-0.2, -0.15) is 0 Å². The lowest BCUT2D eigenvalue weighted by Crippen LogP contribution is -2.04. The van der Waals surface area contributed by atoms with Crippen molar-refractivity contribution >= 4 is 0 Å². The summed E-state index contributed by atoms with van der Waals surface area (Å²) in [5, 5.41) is 0. The molecule has 0 heteroatoms. The number of fused-ring (bicyclic) bond motifs is 3. The Morgan fingerprint density at radius 3 is 0.877 bits per heavy atom. The van der Waals surface area contributed by atoms with Crippen LogP contribution in [-0.2, 0) is 0 Å². The summed E-state index contributed by atoms with van der Waals surface area (Å²) in [6.45, 7) is 4.68. The average Bonchev–Trinajstić information content (AvgIpc) is 3.17. The van der Waals surface area contributed by atoms with Gasteiger partial charge in [0.15, 0.2) is 0 Å². The molecule has 0 saturated heterocycles. The van der Waals surface area contributed by atoms with E-state index in [1.807, 2.05) is 0 Å². The molecule has 3 atom stereocenters. The Morgan fingerprint density at radius 2 is 0.544 bits per heavy atom. The van der Waals surface area contributed by atoms with Gasteiger partial charge >= 0.3 is 0 Å². The standard InChI is InChI=1S/C57H62/c1-3-5-23-47(56-38-21-34-49-25-13-7-10-16-28-54(49)42-44-56)32-19-36-51(57-39-22-35-50-26-14-8-11-17-29-55(50)43-45-57)31-18-30-46(4-2)52-37-20-33-48-24-12-6-9-15-27-53(48)41-40-52/h6-17,20-22,24-29,33-35,37-47,51H,3-5,18-19,23,30-32,36H2,1-2H3. The van der Waals surface area contributed by atoms with Gasteiger partial charge in [0.2, 0.25) is 0 Å². The Labute approximate surface area is 344 Å². The van der Waals surface area contributed by atoms with Crippen LogP contribution in [0.25, 0.3) is 33.4 Å². The summed E-state index contributed by atoms with van der Waals surface area (Å²) in [5.41, 5.74) is 11.9. The van der Waals surface area contributed by atoms with Gasteiger partial charge < -0.3 is 0 Å². The highest BCUT2D eigenvalue weighted by Crippen LogP contribution is 2.35. The monoisotopic (exact) mass is 746 g/mol. The maximum absolute atomic E-state index is 2.42. The van der Waals surface area contributed by atoms with Crippen molar-refractivity contribution in [3.8, 4) is 33.4 Å². The molecule has 0 aromatic carbocycles. The van der Waals surface area contributed by atoms with E-state index < -0.39 is 0 Å². The largest absolute Gasteiger partial charge is 0.0654 e. The third kappa shape index (κ3) is 12.8. The summed E-state index contributed by atoms with van der Waals surface area (Å²) in [5.74, 6) is 1.60. The van der Waals surface area contributed by atoms with Crippen LogP contribution in [0.2, 0.25) is 0 Å². The minimum absolute atomic E-state index is 0.508. The van der Waals surface area contributed by atoms with E-state index in [4.69, 9.17) is 0 Å². The number of rotatable bonds is 15. The lowest BCUT2D eigenvalue weighted by atomic mass is 9.83. The smallest absolute Gasteiger partial charge is 0.0162 e. The van der Waals surface area contributed by atoms with Crippen LogP contribution in [0, 0.1) is 0 Å². The molecule has 0 heterocycles. The van der Waals surface area contributed by atoms with Crippen molar-refractivity contribution in [1.82, 2.24) is 0 Å². The van der Waals surface area contributed by atoms with E-state index in [1.165, 1.54) is 108 Å². The Morgan fingerprint density at radius 1 is 0.263 bits per heavy atom. The SMILES string of the molecule is CCCCC(CCCC(CCCC(CC)c1cccc2ccccccc-2cc1)c1cccc2ccccccc-2cc1)c1cccc2ccccccc-2cc1. The summed E-state index contributed by atoms with van der Waals surface area (Å²) < 4.78 is 0. The Bertz CT molecular complexity index is 2170. The van der Waals surface area contributed by atoms with Gasteiger partial charge in [-0.05, 0) is 106 Å². The third-order valence-electron chi connectivity index (χ3n) is 11.7. The minimum atomic E-state index is 0.508. The molecule has 6 aliphatic rings. The zero-order valence-electron chi connectivity index (χ0n) is 34.4. The summed E-state index contributed by atoms with van der Waals surface area (Å²) in [4.78, 5) is 0. The first-order valence-electron chi connectivity index (χ1n) is 21.7. The zero-order valence-corrected chi connectivity index (χ0v) is 34.4. The quantitative estimate of drug-likeness (QED) is 0.0982. The summed E-state index contributed by atoms with van der Waals surface area (Å²) in [6, 6.07) is 73.7. The molecule has 290 valence electrons. The third-order valence-corrected chi connectivity index (χ3v) is 11.7. The van der Waals surface area contributed by atoms with E-state index in [0.29, 0.717) is 17.8 Å². The second kappa shape index (κ2) is 22.9. The van der Waals surface area contributed by atoms with Crippen molar-refractivity contribution in [2.75, 3.05) is 0 Å². The summed E-state index contributed by atoms with van der Waals surface area (Å²) in [6.07, 6.45) is 12.1. The van der Waals surface area contributed by atoms with Crippen LogP contribution in [0.3, 0.4) is 0 Å². The molecule has 0 nitrogen and oxygen atoms in total. The number of unbranched alkanes of at least 4 members (excludes halogenated alkanes) is 1. The molecule has 0 radical (unpaired) electrons. The molecule has 6 aliphatic carbocycles. The molecule has 0 spiro atoms. The van der Waals surface area contributed by atoms with Crippen LogP contribution in [-0.4, -0.2) is 0 Å². The van der Waals surface area contributed by atoms with Crippen LogP contribution in [0.1, 0.15) is 112 Å². The van der Waals surface area contributed by atoms with Crippen LogP contribution in [0.5, 0.6) is 0 Å². The Balaban J connectivity index is 1.24. The zero-order chi connectivity index (χ0) is 39.3. The van der Waals surface area contributed by atoms with E-state index in [2.05, 4.69) is 214 Å². The van der Waals surface area contributed by atoms with Crippen LogP contribution in [0.15, 0.2) is 200 Å². The van der Waals surface area contributed by atoms with Gasteiger partial charge in [-0.15, -0.1) is 0 Å². The molecule has 0 amide bonds. The van der Waals surface area contributed by atoms with Crippen LogP contribution >= 0.6 is 0 Å². The average molecular weight is 747 g/mol. The lowest BCUT2D eigenvalue weighted by molar-refractivity contribution is 0.457. The van der Waals surface area contributed by atoms with E-state index in [1.54, 1.807) is 0 Å². The highest BCUT2D eigenvalue weighted by Gasteiger charge is 2.17. The van der Waals surface area contributed by atoms with E-state index >= 15 is 0 Å². The molecule has 6 rings (SSSR count). The van der Waals surface area contributed by atoms with Crippen molar-refractivity contribution in [3.63, 3.8) is 0 Å². The Kier molecular flexibility index (Phi) is 16.6. The highest BCUT2D eigenvalue weighted by atomic mass is 14.2.